The van der Waals surface area contributed by atoms with Gasteiger partial charge in [-0.3, -0.25) is 0 Å². The zero-order valence-corrected chi connectivity index (χ0v) is 12.7. The third kappa shape index (κ3) is 3.05. The van der Waals surface area contributed by atoms with Gasteiger partial charge in [0.25, 0.3) is 0 Å². The summed E-state index contributed by atoms with van der Waals surface area (Å²) < 4.78 is 0. The fraction of sp³-hybridized carbons (Fsp3) is 0.412. The van der Waals surface area contributed by atoms with Crippen LogP contribution in [-0.2, 0) is 13.1 Å². The molecule has 0 radical (unpaired) electrons. The van der Waals surface area contributed by atoms with Crippen LogP contribution in [0.4, 0.5) is 5.69 Å². The van der Waals surface area contributed by atoms with Crippen molar-refractivity contribution in [3.8, 4) is 0 Å². The van der Waals surface area contributed by atoms with Crippen LogP contribution in [0.5, 0.6) is 0 Å². The van der Waals surface area contributed by atoms with E-state index in [9.17, 15) is 0 Å². The van der Waals surface area contributed by atoms with Crippen molar-refractivity contribution in [2.45, 2.75) is 38.9 Å². The predicted molar refractivity (Wildman–Crippen MR) is 85.1 cm³/mol. The smallest absolute Gasteiger partial charge is 0.147 e. The zero-order chi connectivity index (χ0) is 14.7. The first-order chi connectivity index (χ1) is 10.2. The van der Waals surface area contributed by atoms with Gasteiger partial charge in [0, 0.05) is 36.7 Å². The fourth-order valence-corrected chi connectivity index (χ4v) is 2.80. The summed E-state index contributed by atoms with van der Waals surface area (Å²) in [5.74, 6) is 0.868. The molecule has 3 rings (SSSR count). The lowest BCUT2D eigenvalue weighted by Gasteiger charge is -2.33. The molecule has 0 aliphatic carbocycles. The topological polar surface area (TPSA) is 41.1 Å². The molecule has 0 bridgehead atoms. The van der Waals surface area contributed by atoms with Gasteiger partial charge in [0.15, 0.2) is 0 Å². The van der Waals surface area contributed by atoms with Crippen molar-refractivity contribution in [3.63, 3.8) is 0 Å². The van der Waals surface area contributed by atoms with E-state index in [1.165, 1.54) is 11.3 Å². The summed E-state index contributed by atoms with van der Waals surface area (Å²) >= 11 is 0. The molecular formula is C17H22N4. The third-order valence-electron chi connectivity index (χ3n) is 4.31. The van der Waals surface area contributed by atoms with Crippen molar-refractivity contribution in [2.75, 3.05) is 11.4 Å². The van der Waals surface area contributed by atoms with Crippen molar-refractivity contribution < 1.29 is 0 Å². The minimum absolute atomic E-state index is 0.105. The lowest BCUT2D eigenvalue weighted by molar-refractivity contribution is 0.348. The van der Waals surface area contributed by atoms with Gasteiger partial charge < -0.3 is 10.2 Å². The highest BCUT2D eigenvalue weighted by Gasteiger charge is 2.29. The van der Waals surface area contributed by atoms with Crippen LogP contribution in [0.3, 0.4) is 0 Å². The van der Waals surface area contributed by atoms with Gasteiger partial charge in [0.2, 0.25) is 0 Å². The Hall–Kier alpha value is -1.94. The minimum Gasteiger partial charge on any atom is -0.362 e. The molecule has 2 heterocycles. The number of para-hydroxylation sites is 1. The summed E-state index contributed by atoms with van der Waals surface area (Å²) in [7, 11) is 0. The quantitative estimate of drug-likeness (QED) is 0.940. The highest BCUT2D eigenvalue weighted by Crippen LogP contribution is 2.28. The number of rotatable bonds is 3. The Morgan fingerprint density at radius 1 is 1.19 bits per heavy atom. The number of nitrogens with zero attached hydrogens (tertiary/aromatic N) is 3. The van der Waals surface area contributed by atoms with Gasteiger partial charge in [-0.1, -0.05) is 25.1 Å². The molecule has 110 valence electrons. The Kier molecular flexibility index (Phi) is 3.88. The summed E-state index contributed by atoms with van der Waals surface area (Å²) in [4.78, 5) is 11.2. The van der Waals surface area contributed by atoms with E-state index in [2.05, 4.69) is 58.3 Å². The highest BCUT2D eigenvalue weighted by atomic mass is 15.2. The first-order valence-electron chi connectivity index (χ1n) is 7.54. The maximum Gasteiger partial charge on any atom is 0.147 e. The van der Waals surface area contributed by atoms with Crippen LogP contribution < -0.4 is 10.2 Å². The molecule has 0 saturated heterocycles. The van der Waals surface area contributed by atoms with Gasteiger partial charge in [-0.15, -0.1) is 0 Å². The first-order valence-corrected chi connectivity index (χ1v) is 7.54. The van der Waals surface area contributed by atoms with Gasteiger partial charge in [-0.25, -0.2) is 9.97 Å². The molecule has 1 aromatic heterocycles. The van der Waals surface area contributed by atoms with Gasteiger partial charge in [-0.2, -0.15) is 0 Å². The average Bonchev–Trinajstić information content (AvgIpc) is 2.67. The van der Waals surface area contributed by atoms with E-state index in [-0.39, 0.29) is 5.54 Å². The zero-order valence-electron chi connectivity index (χ0n) is 12.7. The molecule has 1 atom stereocenters. The number of hydrogen-bond donors (Lipinski definition) is 1. The number of hydrogen-bond acceptors (Lipinski definition) is 4. The van der Waals surface area contributed by atoms with Crippen LogP contribution in [-0.4, -0.2) is 22.1 Å². The lowest BCUT2D eigenvalue weighted by atomic mass is 9.98. The van der Waals surface area contributed by atoms with Crippen molar-refractivity contribution in [2.24, 2.45) is 0 Å². The van der Waals surface area contributed by atoms with Crippen LogP contribution in [0.1, 0.15) is 31.7 Å². The Morgan fingerprint density at radius 3 is 2.71 bits per heavy atom. The molecule has 1 aliphatic rings. The maximum absolute atomic E-state index is 4.38. The van der Waals surface area contributed by atoms with Gasteiger partial charge in [0.05, 0.1) is 6.54 Å². The molecule has 21 heavy (non-hydrogen) atoms. The Labute approximate surface area is 126 Å². The molecule has 1 N–H and O–H groups in total. The summed E-state index contributed by atoms with van der Waals surface area (Å²) in [6, 6.07) is 10.5. The third-order valence-corrected chi connectivity index (χ3v) is 4.31. The molecule has 0 spiro atoms. The molecule has 0 amide bonds. The number of fused-ring (bicyclic) bond motifs is 1. The molecule has 0 fully saturated rings. The van der Waals surface area contributed by atoms with E-state index in [0.29, 0.717) is 0 Å². The summed E-state index contributed by atoms with van der Waals surface area (Å²) in [5, 5.41) is 3.70. The second-order valence-electron chi connectivity index (χ2n) is 5.92. The van der Waals surface area contributed by atoms with E-state index < -0.39 is 0 Å². The van der Waals surface area contributed by atoms with Gasteiger partial charge >= 0.3 is 0 Å². The monoisotopic (exact) mass is 282 g/mol. The summed E-state index contributed by atoms with van der Waals surface area (Å²) in [5.41, 5.74) is 2.73. The molecule has 4 nitrogen and oxygen atoms in total. The Morgan fingerprint density at radius 2 is 1.95 bits per heavy atom. The molecule has 1 unspecified atom stereocenters. The largest absolute Gasteiger partial charge is 0.362 e. The normalized spacial score (nSPS) is 21.7. The SMILES string of the molecule is CCC1(C)CN(Cc2ncccn2)c2ccccc2CN1. The molecule has 0 saturated carbocycles. The van der Waals surface area contributed by atoms with Crippen LogP contribution in [0.25, 0.3) is 0 Å². The van der Waals surface area contributed by atoms with Crippen molar-refractivity contribution >= 4 is 5.69 Å². The number of aromatic nitrogens is 2. The van der Waals surface area contributed by atoms with Gasteiger partial charge in [-0.05, 0) is 31.0 Å². The molecule has 1 aromatic carbocycles. The summed E-state index contributed by atoms with van der Waals surface area (Å²) in [6.07, 6.45) is 4.71. The van der Waals surface area contributed by atoms with Crippen LogP contribution in [0, 0.1) is 0 Å². The number of anilines is 1. The van der Waals surface area contributed by atoms with E-state index in [1.54, 1.807) is 0 Å². The molecule has 1 aliphatic heterocycles. The Balaban J connectivity index is 1.94. The van der Waals surface area contributed by atoms with E-state index in [4.69, 9.17) is 0 Å². The van der Waals surface area contributed by atoms with Gasteiger partial charge in [0.1, 0.15) is 5.82 Å². The van der Waals surface area contributed by atoms with Crippen molar-refractivity contribution in [3.05, 3.63) is 54.1 Å². The fourth-order valence-electron chi connectivity index (χ4n) is 2.80. The van der Waals surface area contributed by atoms with E-state index in [1.807, 2.05) is 18.5 Å². The van der Waals surface area contributed by atoms with E-state index >= 15 is 0 Å². The lowest BCUT2D eigenvalue weighted by Crippen LogP contribution is -2.48. The highest BCUT2D eigenvalue weighted by molar-refractivity contribution is 5.55. The first kappa shape index (κ1) is 14.0. The summed E-state index contributed by atoms with van der Waals surface area (Å²) in [6.45, 7) is 7.14. The maximum atomic E-state index is 4.38. The number of nitrogens with one attached hydrogen (secondary N) is 1. The molecular weight excluding hydrogens is 260 g/mol. The minimum atomic E-state index is 0.105. The standard InChI is InChI=1S/C17H22N4/c1-3-17(2)13-21(12-16-18-9-6-10-19-16)15-8-5-4-7-14(15)11-20-17/h4-10,20H,3,11-13H2,1-2H3. The molecule has 4 heteroatoms. The molecule has 2 aromatic rings. The predicted octanol–water partition coefficient (Wildman–Crippen LogP) is 2.76. The number of benzene rings is 1. The Bertz CT molecular complexity index is 599. The van der Waals surface area contributed by atoms with E-state index in [0.717, 1.165) is 31.9 Å². The second kappa shape index (κ2) is 5.82. The average molecular weight is 282 g/mol. The van der Waals surface area contributed by atoms with Crippen LogP contribution in [0.2, 0.25) is 0 Å². The van der Waals surface area contributed by atoms with Crippen molar-refractivity contribution in [1.82, 2.24) is 15.3 Å². The van der Waals surface area contributed by atoms with Crippen LogP contribution >= 0.6 is 0 Å². The van der Waals surface area contributed by atoms with Crippen LogP contribution in [0.15, 0.2) is 42.7 Å². The van der Waals surface area contributed by atoms with Crippen molar-refractivity contribution in [1.29, 1.82) is 0 Å². The second-order valence-corrected chi connectivity index (χ2v) is 5.92.